The van der Waals surface area contributed by atoms with E-state index in [4.69, 9.17) is 4.98 Å². The first-order chi connectivity index (χ1) is 13.6. The van der Waals surface area contributed by atoms with E-state index in [1.165, 1.54) is 0 Å². The fourth-order valence-corrected chi connectivity index (χ4v) is 3.71. The summed E-state index contributed by atoms with van der Waals surface area (Å²) >= 11 is 0. The second-order valence-electron chi connectivity index (χ2n) is 6.86. The highest BCUT2D eigenvalue weighted by molar-refractivity contribution is 5.93. The minimum absolute atomic E-state index is 0.0107. The average molecular weight is 370 g/mol. The second kappa shape index (κ2) is 6.23. The molecule has 28 heavy (non-hydrogen) atoms. The molecule has 4 aromatic rings. The summed E-state index contributed by atoms with van der Waals surface area (Å²) in [5.41, 5.74) is 6.07. The fourth-order valence-electron chi connectivity index (χ4n) is 3.71. The highest BCUT2D eigenvalue weighted by Gasteiger charge is 2.30. The number of carbonyl (C=O) groups excluding carboxylic acids is 1. The standard InChI is InChI=1S/C21H18N6O/c1-13-4-3-5-17(24-13)19-20(27-11-10-26(14(2)28)21(27)25-19)15-6-7-16-18(12-15)23-9-8-22-16/h3-9,12H,10-11H2,1-2H3. The Kier molecular flexibility index (Phi) is 3.68. The lowest BCUT2D eigenvalue weighted by Crippen LogP contribution is -2.26. The van der Waals surface area contributed by atoms with Crippen LogP contribution in [0.1, 0.15) is 12.6 Å². The molecular formula is C21H18N6O. The Balaban J connectivity index is 1.77. The second-order valence-corrected chi connectivity index (χ2v) is 6.86. The lowest BCUT2D eigenvalue weighted by Gasteiger charge is -2.09. The van der Waals surface area contributed by atoms with Gasteiger partial charge in [-0.2, -0.15) is 0 Å². The van der Waals surface area contributed by atoms with Crippen LogP contribution in [0.3, 0.4) is 0 Å². The number of fused-ring (bicyclic) bond motifs is 2. The summed E-state index contributed by atoms with van der Waals surface area (Å²) in [4.78, 5) is 32.1. The predicted octanol–water partition coefficient (Wildman–Crippen LogP) is 3.23. The molecule has 1 amide bonds. The third-order valence-corrected chi connectivity index (χ3v) is 4.99. The van der Waals surface area contributed by atoms with E-state index in [1.807, 2.05) is 43.3 Å². The summed E-state index contributed by atoms with van der Waals surface area (Å²) in [7, 11) is 0. The van der Waals surface area contributed by atoms with Crippen LogP contribution in [0.15, 0.2) is 48.8 Å². The number of carbonyl (C=O) groups is 1. The largest absolute Gasteiger partial charge is 0.307 e. The van der Waals surface area contributed by atoms with Crippen LogP contribution in [0, 0.1) is 6.92 Å². The molecule has 1 aromatic carbocycles. The maximum absolute atomic E-state index is 12.1. The van der Waals surface area contributed by atoms with Crippen LogP contribution in [0.25, 0.3) is 33.7 Å². The molecule has 0 N–H and O–H groups in total. The van der Waals surface area contributed by atoms with E-state index in [0.717, 1.165) is 39.4 Å². The van der Waals surface area contributed by atoms with Gasteiger partial charge in [-0.15, -0.1) is 0 Å². The molecule has 138 valence electrons. The quantitative estimate of drug-likeness (QED) is 0.541. The van der Waals surface area contributed by atoms with Gasteiger partial charge in [0.25, 0.3) is 0 Å². The van der Waals surface area contributed by atoms with E-state index in [9.17, 15) is 4.79 Å². The molecule has 7 heteroatoms. The van der Waals surface area contributed by atoms with Crippen LogP contribution in [-0.4, -0.2) is 37.0 Å². The molecule has 0 fully saturated rings. The zero-order valence-corrected chi connectivity index (χ0v) is 15.6. The Bertz CT molecular complexity index is 1230. The van der Waals surface area contributed by atoms with Gasteiger partial charge < -0.3 is 4.57 Å². The molecule has 0 atom stereocenters. The van der Waals surface area contributed by atoms with Crippen LogP contribution >= 0.6 is 0 Å². The van der Waals surface area contributed by atoms with Gasteiger partial charge in [0.15, 0.2) is 0 Å². The number of rotatable bonds is 2. The minimum atomic E-state index is -0.0107. The first-order valence-electron chi connectivity index (χ1n) is 9.15. The van der Waals surface area contributed by atoms with Crippen molar-refractivity contribution in [2.24, 2.45) is 0 Å². The van der Waals surface area contributed by atoms with Crippen molar-refractivity contribution in [3.63, 3.8) is 0 Å². The average Bonchev–Trinajstić information content (AvgIpc) is 3.26. The molecule has 5 rings (SSSR count). The highest BCUT2D eigenvalue weighted by atomic mass is 16.2. The van der Waals surface area contributed by atoms with Gasteiger partial charge in [-0.25, -0.2) is 4.98 Å². The van der Waals surface area contributed by atoms with E-state index in [1.54, 1.807) is 24.2 Å². The van der Waals surface area contributed by atoms with E-state index < -0.39 is 0 Å². The van der Waals surface area contributed by atoms with Gasteiger partial charge in [0, 0.05) is 43.7 Å². The molecule has 0 unspecified atom stereocenters. The number of hydrogen-bond donors (Lipinski definition) is 0. The number of amides is 1. The monoisotopic (exact) mass is 370 g/mol. The van der Waals surface area contributed by atoms with Gasteiger partial charge in [0.2, 0.25) is 11.9 Å². The molecule has 0 aliphatic carbocycles. The molecule has 0 saturated heterocycles. The Morgan fingerprint density at radius 1 is 1.00 bits per heavy atom. The maximum Gasteiger partial charge on any atom is 0.226 e. The Morgan fingerprint density at radius 2 is 1.82 bits per heavy atom. The van der Waals surface area contributed by atoms with Crippen molar-refractivity contribution in [2.75, 3.05) is 11.4 Å². The maximum atomic E-state index is 12.1. The summed E-state index contributed by atoms with van der Waals surface area (Å²) in [5.74, 6) is 0.656. The van der Waals surface area contributed by atoms with Crippen LogP contribution in [0.2, 0.25) is 0 Å². The third-order valence-electron chi connectivity index (χ3n) is 4.99. The van der Waals surface area contributed by atoms with Gasteiger partial charge in [0.05, 0.1) is 22.4 Å². The van der Waals surface area contributed by atoms with Crippen molar-refractivity contribution in [1.82, 2.24) is 24.5 Å². The predicted molar refractivity (Wildman–Crippen MR) is 107 cm³/mol. The molecule has 3 aromatic heterocycles. The van der Waals surface area contributed by atoms with Crippen LogP contribution in [0.5, 0.6) is 0 Å². The van der Waals surface area contributed by atoms with Crippen LogP contribution in [-0.2, 0) is 11.3 Å². The van der Waals surface area contributed by atoms with Gasteiger partial charge in [-0.3, -0.25) is 24.6 Å². The molecule has 7 nitrogen and oxygen atoms in total. The zero-order valence-electron chi connectivity index (χ0n) is 15.6. The van der Waals surface area contributed by atoms with Crippen molar-refractivity contribution in [2.45, 2.75) is 20.4 Å². The Morgan fingerprint density at radius 3 is 2.61 bits per heavy atom. The number of aryl methyl sites for hydroxylation is 1. The molecule has 0 spiro atoms. The zero-order chi connectivity index (χ0) is 19.3. The first kappa shape index (κ1) is 16.6. The molecule has 0 saturated carbocycles. The number of imidazole rings is 1. The number of anilines is 1. The normalized spacial score (nSPS) is 13.1. The highest BCUT2D eigenvalue weighted by Crippen LogP contribution is 2.38. The molecular weight excluding hydrogens is 352 g/mol. The number of pyridine rings is 1. The van der Waals surface area contributed by atoms with E-state index in [2.05, 4.69) is 19.5 Å². The lowest BCUT2D eigenvalue weighted by molar-refractivity contribution is -0.116. The van der Waals surface area contributed by atoms with Crippen LogP contribution in [0.4, 0.5) is 5.95 Å². The Hall–Kier alpha value is -3.61. The third kappa shape index (κ3) is 2.55. The smallest absolute Gasteiger partial charge is 0.226 e. The SMILES string of the molecule is CC(=O)N1CCn2c1nc(-c1cccc(C)n1)c2-c1ccc2nccnc2c1. The summed E-state index contributed by atoms with van der Waals surface area (Å²) in [5, 5.41) is 0. The molecule has 0 bridgehead atoms. The number of nitrogens with zero attached hydrogens (tertiary/aromatic N) is 6. The van der Waals surface area contributed by atoms with Crippen molar-refractivity contribution >= 4 is 22.9 Å². The fraction of sp³-hybridized carbons (Fsp3) is 0.190. The van der Waals surface area contributed by atoms with Gasteiger partial charge >= 0.3 is 0 Å². The van der Waals surface area contributed by atoms with Gasteiger partial charge in [0.1, 0.15) is 5.69 Å². The van der Waals surface area contributed by atoms with Crippen molar-refractivity contribution in [1.29, 1.82) is 0 Å². The van der Waals surface area contributed by atoms with Crippen LogP contribution < -0.4 is 4.90 Å². The Labute approximate surface area is 161 Å². The van der Waals surface area contributed by atoms with E-state index >= 15 is 0 Å². The summed E-state index contributed by atoms with van der Waals surface area (Å²) in [6, 6.07) is 11.9. The summed E-state index contributed by atoms with van der Waals surface area (Å²) in [6.07, 6.45) is 3.37. The molecule has 1 aliphatic heterocycles. The van der Waals surface area contributed by atoms with E-state index in [-0.39, 0.29) is 5.91 Å². The summed E-state index contributed by atoms with van der Waals surface area (Å²) < 4.78 is 2.10. The molecule has 0 radical (unpaired) electrons. The molecule has 4 heterocycles. The van der Waals surface area contributed by atoms with Gasteiger partial charge in [-0.1, -0.05) is 12.1 Å². The van der Waals surface area contributed by atoms with Crippen molar-refractivity contribution in [3.05, 3.63) is 54.5 Å². The molecule has 1 aliphatic rings. The van der Waals surface area contributed by atoms with Gasteiger partial charge in [-0.05, 0) is 31.2 Å². The summed E-state index contributed by atoms with van der Waals surface area (Å²) in [6.45, 7) is 4.85. The van der Waals surface area contributed by atoms with Crippen molar-refractivity contribution < 1.29 is 4.79 Å². The first-order valence-corrected chi connectivity index (χ1v) is 9.15. The van der Waals surface area contributed by atoms with Crippen molar-refractivity contribution in [3.8, 4) is 22.6 Å². The number of aromatic nitrogens is 5. The lowest BCUT2D eigenvalue weighted by atomic mass is 10.1. The topological polar surface area (TPSA) is 76.8 Å². The minimum Gasteiger partial charge on any atom is -0.307 e. The number of hydrogen-bond acceptors (Lipinski definition) is 5. The number of benzene rings is 1. The van der Waals surface area contributed by atoms with E-state index in [0.29, 0.717) is 19.0 Å².